The van der Waals surface area contributed by atoms with Crippen molar-refractivity contribution < 1.29 is 4.79 Å². The Hall–Kier alpha value is -1.56. The van der Waals surface area contributed by atoms with Gasteiger partial charge in [0.25, 0.3) is 5.91 Å². The van der Waals surface area contributed by atoms with Crippen LogP contribution in [0.15, 0.2) is 6.20 Å². The van der Waals surface area contributed by atoms with Gasteiger partial charge in [-0.2, -0.15) is 5.10 Å². The highest BCUT2D eigenvalue weighted by atomic mass is 16.2. The monoisotopic (exact) mass is 253 g/mol. The molecule has 1 aromatic heterocycles. The minimum Gasteiger partial charge on any atom is -0.396 e. The summed E-state index contributed by atoms with van der Waals surface area (Å²) < 4.78 is 1.54. The Balaban J connectivity index is 2.40. The lowest BCUT2D eigenvalue weighted by Gasteiger charge is -2.23. The molecule has 0 saturated heterocycles. The highest BCUT2D eigenvalue weighted by Crippen LogP contribution is 2.07. The molecule has 3 N–H and O–H groups in total. The third kappa shape index (κ3) is 3.73. The molecule has 1 rings (SSSR count). The normalized spacial score (nSPS) is 12.7. The molecular formula is C12H23N5O. The Labute approximate surface area is 108 Å². The Morgan fingerprint density at radius 2 is 2.33 bits per heavy atom. The molecule has 6 nitrogen and oxygen atoms in total. The molecule has 0 aliphatic rings. The Kier molecular flexibility index (Phi) is 5.15. The number of carbonyl (C=O) groups excluding carboxylic acids is 1. The van der Waals surface area contributed by atoms with Gasteiger partial charge in [-0.3, -0.25) is 9.48 Å². The van der Waals surface area contributed by atoms with Crippen LogP contribution in [0.5, 0.6) is 0 Å². The van der Waals surface area contributed by atoms with Gasteiger partial charge in [0, 0.05) is 32.4 Å². The van der Waals surface area contributed by atoms with Crippen molar-refractivity contribution in [1.82, 2.24) is 20.0 Å². The van der Waals surface area contributed by atoms with E-state index < -0.39 is 0 Å². The van der Waals surface area contributed by atoms with Gasteiger partial charge in [-0.1, -0.05) is 6.92 Å². The number of nitrogen functional groups attached to an aromatic ring is 1. The number of hydrogen-bond donors (Lipinski definition) is 2. The van der Waals surface area contributed by atoms with Gasteiger partial charge in [-0.05, 0) is 20.4 Å². The van der Waals surface area contributed by atoms with Crippen molar-refractivity contribution in [2.24, 2.45) is 7.05 Å². The standard InChI is InChI=1S/C12H23N5O/c1-5-9(2)16(3)7-6-14-12(18)11-10(13)8-17(4)15-11/h8-9H,5-7,13H2,1-4H3,(H,14,18). The van der Waals surface area contributed by atoms with Crippen molar-refractivity contribution in [2.45, 2.75) is 26.3 Å². The van der Waals surface area contributed by atoms with Crippen LogP contribution in [-0.4, -0.2) is 46.8 Å². The smallest absolute Gasteiger partial charge is 0.273 e. The van der Waals surface area contributed by atoms with Crippen molar-refractivity contribution in [1.29, 1.82) is 0 Å². The van der Waals surface area contributed by atoms with E-state index in [-0.39, 0.29) is 5.91 Å². The summed E-state index contributed by atoms with van der Waals surface area (Å²) in [5.41, 5.74) is 6.39. The van der Waals surface area contributed by atoms with Crippen LogP contribution in [0.25, 0.3) is 0 Å². The minimum atomic E-state index is -0.217. The van der Waals surface area contributed by atoms with Crippen LogP contribution in [0.4, 0.5) is 5.69 Å². The zero-order valence-corrected chi connectivity index (χ0v) is 11.6. The summed E-state index contributed by atoms with van der Waals surface area (Å²) >= 11 is 0. The molecule has 102 valence electrons. The van der Waals surface area contributed by atoms with Crippen LogP contribution in [0.2, 0.25) is 0 Å². The molecule has 1 aromatic rings. The van der Waals surface area contributed by atoms with E-state index in [0.717, 1.165) is 13.0 Å². The quantitative estimate of drug-likeness (QED) is 0.772. The van der Waals surface area contributed by atoms with Crippen molar-refractivity contribution in [3.05, 3.63) is 11.9 Å². The molecule has 0 radical (unpaired) electrons. The van der Waals surface area contributed by atoms with Gasteiger partial charge in [0.15, 0.2) is 5.69 Å². The number of hydrogen-bond acceptors (Lipinski definition) is 4. The Morgan fingerprint density at radius 3 is 2.83 bits per heavy atom. The van der Waals surface area contributed by atoms with E-state index in [4.69, 9.17) is 5.73 Å². The summed E-state index contributed by atoms with van der Waals surface area (Å²) in [4.78, 5) is 14.0. The average molecular weight is 253 g/mol. The molecule has 0 aromatic carbocycles. The first kappa shape index (κ1) is 14.5. The first-order chi connectivity index (χ1) is 8.45. The Bertz CT molecular complexity index is 401. The predicted octanol–water partition coefficient (Wildman–Crippen LogP) is 0.462. The highest BCUT2D eigenvalue weighted by Gasteiger charge is 2.14. The summed E-state index contributed by atoms with van der Waals surface area (Å²) in [5, 5.41) is 6.85. The van der Waals surface area contributed by atoms with Crippen molar-refractivity contribution in [2.75, 3.05) is 25.9 Å². The van der Waals surface area contributed by atoms with Crippen molar-refractivity contribution in [3.63, 3.8) is 0 Å². The number of anilines is 1. The maximum atomic E-state index is 11.8. The predicted molar refractivity (Wildman–Crippen MR) is 72.3 cm³/mol. The van der Waals surface area contributed by atoms with Gasteiger partial charge in [0.1, 0.15) is 0 Å². The molecule has 0 saturated carbocycles. The summed E-state index contributed by atoms with van der Waals surface area (Å²) in [7, 11) is 3.79. The molecule has 1 atom stereocenters. The van der Waals surface area contributed by atoms with Gasteiger partial charge in [0.05, 0.1) is 5.69 Å². The molecule has 0 bridgehead atoms. The highest BCUT2D eigenvalue weighted by molar-refractivity contribution is 5.96. The maximum Gasteiger partial charge on any atom is 0.273 e. The Morgan fingerprint density at radius 1 is 1.67 bits per heavy atom. The molecule has 0 aliphatic carbocycles. The van der Waals surface area contributed by atoms with Crippen LogP contribution in [0, 0.1) is 0 Å². The van der Waals surface area contributed by atoms with Gasteiger partial charge < -0.3 is 16.0 Å². The zero-order valence-electron chi connectivity index (χ0n) is 11.6. The molecule has 0 aliphatic heterocycles. The number of nitrogens with two attached hydrogens (primary N) is 1. The van der Waals surface area contributed by atoms with E-state index in [1.807, 2.05) is 0 Å². The van der Waals surface area contributed by atoms with Gasteiger partial charge in [-0.15, -0.1) is 0 Å². The molecule has 1 heterocycles. The fraction of sp³-hybridized carbons (Fsp3) is 0.667. The van der Waals surface area contributed by atoms with E-state index in [1.165, 1.54) is 4.68 Å². The number of aryl methyl sites for hydroxylation is 1. The molecule has 1 unspecified atom stereocenters. The summed E-state index contributed by atoms with van der Waals surface area (Å²) in [5.74, 6) is -0.217. The molecule has 0 fully saturated rings. The molecule has 6 heteroatoms. The van der Waals surface area contributed by atoms with E-state index in [1.54, 1.807) is 13.2 Å². The van der Waals surface area contributed by atoms with Crippen LogP contribution < -0.4 is 11.1 Å². The number of rotatable bonds is 6. The number of nitrogens with one attached hydrogen (secondary N) is 1. The van der Waals surface area contributed by atoms with Crippen LogP contribution in [0.1, 0.15) is 30.8 Å². The first-order valence-corrected chi connectivity index (χ1v) is 6.23. The van der Waals surface area contributed by atoms with Crippen LogP contribution in [0.3, 0.4) is 0 Å². The fourth-order valence-electron chi connectivity index (χ4n) is 1.64. The number of likely N-dealkylation sites (N-methyl/N-ethyl adjacent to an activating group) is 1. The number of aromatic nitrogens is 2. The van der Waals surface area contributed by atoms with Crippen molar-refractivity contribution in [3.8, 4) is 0 Å². The summed E-state index contributed by atoms with van der Waals surface area (Å²) in [6.07, 6.45) is 2.72. The van der Waals surface area contributed by atoms with E-state index in [0.29, 0.717) is 24.0 Å². The zero-order chi connectivity index (χ0) is 13.7. The molecule has 0 spiro atoms. The third-order valence-electron chi connectivity index (χ3n) is 3.17. The van der Waals surface area contributed by atoms with E-state index in [9.17, 15) is 4.79 Å². The average Bonchev–Trinajstić information content (AvgIpc) is 2.67. The topological polar surface area (TPSA) is 76.2 Å². The summed E-state index contributed by atoms with van der Waals surface area (Å²) in [6, 6.07) is 0.516. The maximum absolute atomic E-state index is 11.8. The second-order valence-electron chi connectivity index (χ2n) is 4.60. The second kappa shape index (κ2) is 6.39. The first-order valence-electron chi connectivity index (χ1n) is 6.23. The van der Waals surface area contributed by atoms with Gasteiger partial charge >= 0.3 is 0 Å². The lowest BCUT2D eigenvalue weighted by molar-refractivity contribution is 0.0942. The minimum absolute atomic E-state index is 0.217. The number of amides is 1. The van der Waals surface area contributed by atoms with Crippen molar-refractivity contribution >= 4 is 11.6 Å². The van der Waals surface area contributed by atoms with E-state index in [2.05, 4.69) is 36.2 Å². The molecular weight excluding hydrogens is 230 g/mol. The second-order valence-corrected chi connectivity index (χ2v) is 4.60. The lowest BCUT2D eigenvalue weighted by atomic mass is 10.2. The SMILES string of the molecule is CCC(C)N(C)CCNC(=O)c1nn(C)cc1N. The molecule has 1 amide bonds. The van der Waals surface area contributed by atoms with Gasteiger partial charge in [-0.25, -0.2) is 0 Å². The fourth-order valence-corrected chi connectivity index (χ4v) is 1.64. The number of nitrogens with zero attached hydrogens (tertiary/aromatic N) is 3. The largest absolute Gasteiger partial charge is 0.396 e. The van der Waals surface area contributed by atoms with Gasteiger partial charge in [0.2, 0.25) is 0 Å². The van der Waals surface area contributed by atoms with Crippen LogP contribution in [-0.2, 0) is 7.05 Å². The lowest BCUT2D eigenvalue weighted by Crippen LogP contribution is -2.37. The molecule has 18 heavy (non-hydrogen) atoms. The van der Waals surface area contributed by atoms with E-state index >= 15 is 0 Å². The summed E-state index contributed by atoms with van der Waals surface area (Å²) in [6.45, 7) is 5.72. The third-order valence-corrected chi connectivity index (χ3v) is 3.17. The number of carbonyl (C=O) groups is 1. The van der Waals surface area contributed by atoms with Crippen LogP contribution >= 0.6 is 0 Å².